The third-order valence-electron chi connectivity index (χ3n) is 5.04. The maximum atomic E-state index is 11.9. The molecule has 0 aliphatic heterocycles. The van der Waals surface area contributed by atoms with E-state index in [1.54, 1.807) is 93.6 Å². The predicted molar refractivity (Wildman–Crippen MR) is 157 cm³/mol. The van der Waals surface area contributed by atoms with Gasteiger partial charge in [-0.25, -0.2) is 0 Å². The minimum absolute atomic E-state index is 0.275. The van der Waals surface area contributed by atoms with E-state index in [0.717, 1.165) is 0 Å². The first-order chi connectivity index (χ1) is 19.0. The third-order valence-corrected chi connectivity index (χ3v) is 9.24. The second kappa shape index (κ2) is 14.1. The summed E-state index contributed by atoms with van der Waals surface area (Å²) >= 11 is -3.68. The predicted octanol–water partition coefficient (Wildman–Crippen LogP) is 5.75. The van der Waals surface area contributed by atoms with Crippen molar-refractivity contribution in [3.05, 3.63) is 109 Å². The van der Waals surface area contributed by atoms with Crippen molar-refractivity contribution in [2.24, 2.45) is 0 Å². The molecule has 3 amide bonds. The van der Waals surface area contributed by atoms with E-state index in [1.165, 1.54) is 0 Å². The molecule has 0 aliphatic carbocycles. The van der Waals surface area contributed by atoms with Gasteiger partial charge in [0.1, 0.15) is 0 Å². The number of hydrogen-bond acceptors (Lipinski definition) is 6. The van der Waals surface area contributed by atoms with Crippen LogP contribution in [0.3, 0.4) is 0 Å². The second-order valence-corrected chi connectivity index (χ2v) is 12.6. The van der Waals surface area contributed by atoms with Crippen molar-refractivity contribution >= 4 is 57.9 Å². The molecule has 0 spiro atoms. The molecule has 0 heterocycles. The van der Waals surface area contributed by atoms with Crippen LogP contribution in [-0.4, -0.2) is 40.8 Å². The number of rotatable bonds is 12. The topological polar surface area (TPSA) is 115 Å². The summed E-state index contributed by atoms with van der Waals surface area (Å²) in [7, 11) is 0. The molecule has 0 saturated heterocycles. The molecule has 0 unspecified atom stereocenters. The van der Waals surface area contributed by atoms with Crippen LogP contribution in [0.25, 0.3) is 0 Å². The van der Waals surface area contributed by atoms with Crippen LogP contribution in [0.2, 0.25) is 0 Å². The van der Waals surface area contributed by atoms with Crippen LogP contribution in [0.1, 0.15) is 20.8 Å². The second-order valence-electron chi connectivity index (χ2n) is 8.77. The molecular formula is C30H30BiN3O6. The van der Waals surface area contributed by atoms with Crippen molar-refractivity contribution in [2.45, 2.75) is 20.8 Å². The zero-order valence-electron chi connectivity index (χ0n) is 22.4. The fraction of sp³-hybridized carbons (Fsp3) is 0.100. The van der Waals surface area contributed by atoms with Crippen molar-refractivity contribution in [1.29, 1.82) is 0 Å². The zero-order valence-corrected chi connectivity index (χ0v) is 25.9. The molecule has 3 aromatic rings. The Labute approximate surface area is 243 Å². The van der Waals surface area contributed by atoms with E-state index in [4.69, 9.17) is 8.44 Å². The van der Waals surface area contributed by atoms with E-state index in [-0.39, 0.29) is 17.7 Å². The van der Waals surface area contributed by atoms with Gasteiger partial charge in [-0.2, -0.15) is 0 Å². The molecule has 40 heavy (non-hydrogen) atoms. The Hall–Kier alpha value is -4.43. The van der Waals surface area contributed by atoms with Crippen molar-refractivity contribution in [1.82, 2.24) is 0 Å². The Morgan fingerprint density at radius 1 is 0.500 bits per heavy atom. The van der Waals surface area contributed by atoms with Crippen LogP contribution in [0.15, 0.2) is 109 Å². The van der Waals surface area contributed by atoms with Gasteiger partial charge in [0, 0.05) is 0 Å². The monoisotopic (exact) mass is 737 g/mol. The third kappa shape index (κ3) is 9.40. The zero-order chi connectivity index (χ0) is 29.2. The van der Waals surface area contributed by atoms with Crippen LogP contribution in [0.5, 0.6) is 17.2 Å². The number of carbonyl (C=O) groups excluding carboxylic acids is 3. The minimum atomic E-state index is -3.68. The molecule has 3 N–H and O–H groups in total. The number of nitrogens with one attached hydrogen (secondary N) is 3. The van der Waals surface area contributed by atoms with E-state index in [1.807, 2.05) is 0 Å². The van der Waals surface area contributed by atoms with Crippen LogP contribution < -0.4 is 24.4 Å². The summed E-state index contributed by atoms with van der Waals surface area (Å²) in [5, 5.41) is 8.23. The number of hydrogen-bond donors (Lipinski definition) is 3. The first-order valence-corrected chi connectivity index (χ1v) is 16.3. The summed E-state index contributed by atoms with van der Waals surface area (Å²) in [4.78, 5) is 35.7. The van der Waals surface area contributed by atoms with Gasteiger partial charge in [0.2, 0.25) is 0 Å². The Balaban J connectivity index is 1.76. The Bertz CT molecular complexity index is 1240. The molecule has 0 aromatic heterocycles. The molecule has 0 atom stereocenters. The summed E-state index contributed by atoms with van der Waals surface area (Å²) in [6.45, 7) is 15.8. The van der Waals surface area contributed by atoms with E-state index < -0.39 is 23.1 Å². The van der Waals surface area contributed by atoms with Crippen LogP contribution in [0.4, 0.5) is 17.1 Å². The number of amides is 3. The van der Waals surface area contributed by atoms with Gasteiger partial charge in [-0.3, -0.25) is 0 Å². The van der Waals surface area contributed by atoms with Gasteiger partial charge in [-0.05, 0) is 0 Å². The van der Waals surface area contributed by atoms with Gasteiger partial charge in [0.15, 0.2) is 0 Å². The standard InChI is InChI=1S/3C10H11NO2.Bi/c3*1-7(2)10(13)11-8-3-5-9(12)6-4-8;/h3*3-6,12H,1H2,2H3,(H,11,13);/q;;;+3/p-3. The van der Waals surface area contributed by atoms with E-state index in [2.05, 4.69) is 35.7 Å². The molecule has 0 saturated carbocycles. The Morgan fingerprint density at radius 2 is 0.725 bits per heavy atom. The molecule has 3 aromatic carbocycles. The van der Waals surface area contributed by atoms with Crippen LogP contribution in [0, 0.1) is 0 Å². The molecule has 0 bridgehead atoms. The van der Waals surface area contributed by atoms with Crippen LogP contribution in [-0.2, 0) is 14.4 Å². The molecule has 0 radical (unpaired) electrons. The summed E-state index contributed by atoms with van der Waals surface area (Å²) in [5.74, 6) is 0.679. The fourth-order valence-corrected chi connectivity index (χ4v) is 6.69. The van der Waals surface area contributed by atoms with Crippen molar-refractivity contribution in [3.8, 4) is 17.2 Å². The average Bonchev–Trinajstić information content (AvgIpc) is 2.91. The van der Waals surface area contributed by atoms with Gasteiger partial charge in [0.05, 0.1) is 0 Å². The normalized spacial score (nSPS) is 10.2. The van der Waals surface area contributed by atoms with Gasteiger partial charge < -0.3 is 0 Å². The van der Waals surface area contributed by atoms with Gasteiger partial charge in [0.25, 0.3) is 0 Å². The number of anilines is 3. The SMILES string of the molecule is C=C(C)C(=O)Nc1ccc([O][Bi]([O]c2ccc(NC(=O)C(=C)C)cc2)[O]c2ccc(NC(=O)C(=C)C)cc2)cc1. The Morgan fingerprint density at radius 3 is 0.925 bits per heavy atom. The number of benzene rings is 3. The van der Waals surface area contributed by atoms with Gasteiger partial charge >= 0.3 is 244 Å². The van der Waals surface area contributed by atoms with E-state index in [9.17, 15) is 14.4 Å². The summed E-state index contributed by atoms with van der Waals surface area (Å²) in [5.41, 5.74) is 2.96. The molecule has 9 nitrogen and oxygen atoms in total. The van der Waals surface area contributed by atoms with Gasteiger partial charge in [-0.15, -0.1) is 0 Å². The Kier molecular flexibility index (Phi) is 10.6. The molecule has 10 heteroatoms. The quantitative estimate of drug-likeness (QED) is 0.161. The van der Waals surface area contributed by atoms with Crippen molar-refractivity contribution in [2.75, 3.05) is 16.0 Å². The number of carbonyl (C=O) groups is 3. The fourth-order valence-electron chi connectivity index (χ4n) is 2.82. The van der Waals surface area contributed by atoms with E-state index in [0.29, 0.717) is 51.0 Å². The summed E-state index contributed by atoms with van der Waals surface area (Å²) in [6.07, 6.45) is 0. The maximum absolute atomic E-state index is 11.9. The summed E-state index contributed by atoms with van der Waals surface area (Å²) < 4.78 is 18.4. The first kappa shape index (κ1) is 30.1. The molecule has 3 rings (SSSR count). The molecule has 0 fully saturated rings. The van der Waals surface area contributed by atoms with Gasteiger partial charge in [-0.1, -0.05) is 0 Å². The average molecular weight is 738 g/mol. The first-order valence-electron chi connectivity index (χ1n) is 12.0. The van der Waals surface area contributed by atoms with E-state index >= 15 is 0 Å². The molecule has 206 valence electrons. The van der Waals surface area contributed by atoms with Crippen LogP contribution >= 0.6 is 0 Å². The summed E-state index contributed by atoms with van der Waals surface area (Å²) in [6, 6.07) is 20.5. The molecular weight excluding hydrogens is 707 g/mol. The van der Waals surface area contributed by atoms with Crippen molar-refractivity contribution < 1.29 is 22.8 Å². The van der Waals surface area contributed by atoms with Crippen molar-refractivity contribution in [3.63, 3.8) is 0 Å². The molecule has 0 aliphatic rings.